The zero-order valence-electron chi connectivity index (χ0n) is 12.4. The summed E-state index contributed by atoms with van der Waals surface area (Å²) in [6.07, 6.45) is 9.63. The standard InChI is InChI=1S/C17H24O3/c1-3-5-6-7-8-9-12-20-16-11-10-15(14-18)13-17(16)19-4-2/h7-8,10-11,13-14H,3-6,9,12H2,1-2H3/b8-7-. The number of hydrogen-bond donors (Lipinski definition) is 0. The van der Waals surface area contributed by atoms with Crippen LogP contribution in [0.2, 0.25) is 0 Å². The highest BCUT2D eigenvalue weighted by atomic mass is 16.5. The number of carbonyl (C=O) groups is 1. The van der Waals surface area contributed by atoms with Gasteiger partial charge in [-0.3, -0.25) is 4.79 Å². The first-order valence-electron chi connectivity index (χ1n) is 7.31. The smallest absolute Gasteiger partial charge is 0.161 e. The maximum Gasteiger partial charge on any atom is 0.161 e. The molecule has 0 N–H and O–H groups in total. The molecule has 0 amide bonds. The molecule has 3 nitrogen and oxygen atoms in total. The largest absolute Gasteiger partial charge is 0.490 e. The second-order valence-electron chi connectivity index (χ2n) is 4.51. The lowest BCUT2D eigenvalue weighted by molar-refractivity contribution is 0.112. The van der Waals surface area contributed by atoms with Crippen LogP contribution in [0.5, 0.6) is 11.5 Å². The van der Waals surface area contributed by atoms with Crippen LogP contribution >= 0.6 is 0 Å². The maximum atomic E-state index is 10.8. The van der Waals surface area contributed by atoms with Gasteiger partial charge in [-0.25, -0.2) is 0 Å². The molecule has 0 fully saturated rings. The zero-order chi connectivity index (χ0) is 14.6. The van der Waals surface area contributed by atoms with Gasteiger partial charge in [0.25, 0.3) is 0 Å². The number of hydrogen-bond acceptors (Lipinski definition) is 3. The number of benzene rings is 1. The number of carbonyl (C=O) groups excluding carboxylic acids is 1. The summed E-state index contributed by atoms with van der Waals surface area (Å²) in [5, 5.41) is 0. The van der Waals surface area contributed by atoms with E-state index in [4.69, 9.17) is 9.47 Å². The minimum Gasteiger partial charge on any atom is -0.490 e. The van der Waals surface area contributed by atoms with Crippen LogP contribution in [0.4, 0.5) is 0 Å². The molecule has 3 heteroatoms. The van der Waals surface area contributed by atoms with Crippen molar-refractivity contribution in [3.05, 3.63) is 35.9 Å². The zero-order valence-corrected chi connectivity index (χ0v) is 12.4. The Kier molecular flexibility index (Phi) is 8.20. The summed E-state index contributed by atoms with van der Waals surface area (Å²) in [7, 11) is 0. The summed E-state index contributed by atoms with van der Waals surface area (Å²) in [6.45, 7) is 5.27. The molecule has 0 atom stereocenters. The van der Waals surface area contributed by atoms with Gasteiger partial charge in [-0.15, -0.1) is 0 Å². The molecule has 0 unspecified atom stereocenters. The molecular formula is C17H24O3. The van der Waals surface area contributed by atoms with E-state index in [0.29, 0.717) is 30.3 Å². The van der Waals surface area contributed by atoms with Gasteiger partial charge in [0.2, 0.25) is 0 Å². The predicted molar refractivity (Wildman–Crippen MR) is 81.8 cm³/mol. The van der Waals surface area contributed by atoms with Crippen LogP contribution in [-0.2, 0) is 0 Å². The second-order valence-corrected chi connectivity index (χ2v) is 4.51. The fourth-order valence-electron chi connectivity index (χ4n) is 1.78. The Balaban J connectivity index is 2.46. The Morgan fingerprint density at radius 3 is 2.55 bits per heavy atom. The SMILES string of the molecule is CCCC/C=C\CCOc1ccc(C=O)cc1OCC. The van der Waals surface area contributed by atoms with E-state index in [1.54, 1.807) is 18.2 Å². The monoisotopic (exact) mass is 276 g/mol. The second kappa shape index (κ2) is 10.1. The van der Waals surface area contributed by atoms with Crippen molar-refractivity contribution >= 4 is 6.29 Å². The van der Waals surface area contributed by atoms with Crippen LogP contribution in [0.15, 0.2) is 30.4 Å². The molecule has 1 aromatic carbocycles. The Morgan fingerprint density at radius 2 is 1.85 bits per heavy atom. The lowest BCUT2D eigenvalue weighted by Crippen LogP contribution is -2.00. The minimum atomic E-state index is 0.551. The molecule has 1 aromatic rings. The van der Waals surface area contributed by atoms with Crippen molar-refractivity contribution in [2.24, 2.45) is 0 Å². The average Bonchev–Trinajstić information content (AvgIpc) is 2.47. The van der Waals surface area contributed by atoms with Crippen LogP contribution in [-0.4, -0.2) is 19.5 Å². The maximum absolute atomic E-state index is 10.8. The first kappa shape index (κ1) is 16.3. The number of allylic oxidation sites excluding steroid dienone is 1. The molecule has 0 aliphatic heterocycles. The summed E-state index contributed by atoms with van der Waals surface area (Å²) >= 11 is 0. The van der Waals surface area contributed by atoms with Crippen LogP contribution in [0.1, 0.15) is 49.9 Å². The Bertz CT molecular complexity index is 424. The fraction of sp³-hybridized carbons (Fsp3) is 0.471. The molecule has 0 saturated carbocycles. The molecule has 0 aliphatic carbocycles. The third-order valence-corrected chi connectivity index (χ3v) is 2.84. The van der Waals surface area contributed by atoms with Gasteiger partial charge in [0.1, 0.15) is 6.29 Å². The van der Waals surface area contributed by atoms with E-state index < -0.39 is 0 Å². The van der Waals surface area contributed by atoms with Crippen LogP contribution < -0.4 is 9.47 Å². The summed E-state index contributed by atoms with van der Waals surface area (Å²) < 4.78 is 11.2. The molecule has 20 heavy (non-hydrogen) atoms. The number of ether oxygens (including phenoxy) is 2. The fourth-order valence-corrected chi connectivity index (χ4v) is 1.78. The quantitative estimate of drug-likeness (QED) is 0.360. The summed E-state index contributed by atoms with van der Waals surface area (Å²) in [5.41, 5.74) is 0.597. The Hall–Kier alpha value is -1.77. The first-order chi connectivity index (χ1) is 9.81. The highest BCUT2D eigenvalue weighted by Gasteiger charge is 2.05. The topological polar surface area (TPSA) is 35.5 Å². The molecule has 0 aromatic heterocycles. The van der Waals surface area contributed by atoms with Crippen molar-refractivity contribution in [3.63, 3.8) is 0 Å². The van der Waals surface area contributed by atoms with Gasteiger partial charge in [-0.05, 0) is 38.0 Å². The van der Waals surface area contributed by atoms with Gasteiger partial charge in [-0.1, -0.05) is 31.9 Å². The van der Waals surface area contributed by atoms with E-state index >= 15 is 0 Å². The van der Waals surface area contributed by atoms with Crippen LogP contribution in [0.25, 0.3) is 0 Å². The van der Waals surface area contributed by atoms with E-state index in [-0.39, 0.29) is 0 Å². The summed E-state index contributed by atoms with van der Waals surface area (Å²) in [6, 6.07) is 5.24. The highest BCUT2D eigenvalue weighted by Crippen LogP contribution is 2.28. The normalized spacial score (nSPS) is 10.7. The number of unbranched alkanes of at least 4 members (excludes halogenated alkanes) is 2. The molecule has 110 valence electrons. The van der Waals surface area contributed by atoms with Crippen molar-refractivity contribution in [1.29, 1.82) is 0 Å². The van der Waals surface area contributed by atoms with E-state index in [2.05, 4.69) is 19.1 Å². The van der Waals surface area contributed by atoms with E-state index in [1.165, 1.54) is 12.8 Å². The molecule has 0 radical (unpaired) electrons. The molecular weight excluding hydrogens is 252 g/mol. The van der Waals surface area contributed by atoms with E-state index in [1.807, 2.05) is 6.92 Å². The Morgan fingerprint density at radius 1 is 1.05 bits per heavy atom. The molecule has 1 rings (SSSR count). The van der Waals surface area contributed by atoms with Gasteiger partial charge in [-0.2, -0.15) is 0 Å². The minimum absolute atomic E-state index is 0.551. The predicted octanol–water partition coefficient (Wildman–Crippen LogP) is 4.41. The first-order valence-corrected chi connectivity index (χ1v) is 7.31. The summed E-state index contributed by atoms with van der Waals surface area (Å²) in [4.78, 5) is 10.8. The molecule has 0 heterocycles. The van der Waals surface area contributed by atoms with Crippen molar-refractivity contribution in [3.8, 4) is 11.5 Å². The third kappa shape index (κ3) is 5.91. The van der Waals surface area contributed by atoms with Crippen molar-refractivity contribution in [1.82, 2.24) is 0 Å². The lowest BCUT2D eigenvalue weighted by atomic mass is 10.2. The number of rotatable bonds is 10. The molecule has 0 bridgehead atoms. The molecule has 0 spiro atoms. The highest BCUT2D eigenvalue weighted by molar-refractivity contribution is 5.76. The van der Waals surface area contributed by atoms with Gasteiger partial charge in [0.15, 0.2) is 11.5 Å². The summed E-state index contributed by atoms with van der Waals surface area (Å²) in [5.74, 6) is 1.33. The van der Waals surface area contributed by atoms with E-state index in [9.17, 15) is 4.79 Å². The van der Waals surface area contributed by atoms with Crippen LogP contribution in [0, 0.1) is 0 Å². The van der Waals surface area contributed by atoms with Crippen molar-refractivity contribution < 1.29 is 14.3 Å². The lowest BCUT2D eigenvalue weighted by Gasteiger charge is -2.11. The van der Waals surface area contributed by atoms with Gasteiger partial charge in [0, 0.05) is 5.56 Å². The van der Waals surface area contributed by atoms with Crippen molar-refractivity contribution in [2.45, 2.75) is 39.5 Å². The van der Waals surface area contributed by atoms with E-state index in [0.717, 1.165) is 19.1 Å². The molecule has 0 aliphatic rings. The third-order valence-electron chi connectivity index (χ3n) is 2.84. The number of aldehydes is 1. The van der Waals surface area contributed by atoms with Gasteiger partial charge < -0.3 is 9.47 Å². The van der Waals surface area contributed by atoms with Gasteiger partial charge >= 0.3 is 0 Å². The average molecular weight is 276 g/mol. The Labute approximate surface area is 121 Å². The molecule has 0 saturated heterocycles. The van der Waals surface area contributed by atoms with Crippen molar-refractivity contribution in [2.75, 3.05) is 13.2 Å². The van der Waals surface area contributed by atoms with Crippen LogP contribution in [0.3, 0.4) is 0 Å². The van der Waals surface area contributed by atoms with Gasteiger partial charge in [0.05, 0.1) is 13.2 Å².